The number of hydrogen-bond acceptors (Lipinski definition) is 3. The average molecular weight is 285 g/mol. The average Bonchev–Trinajstić information content (AvgIpc) is 2.49. The third-order valence-corrected chi connectivity index (χ3v) is 2.89. The summed E-state index contributed by atoms with van der Waals surface area (Å²) in [5.74, 6) is 1.34. The third-order valence-electron chi connectivity index (χ3n) is 2.89. The Labute approximate surface area is 124 Å². The van der Waals surface area contributed by atoms with Crippen LogP contribution in [0.5, 0.6) is 11.5 Å². The van der Waals surface area contributed by atoms with Crippen molar-refractivity contribution < 1.29 is 14.3 Å². The molecule has 0 saturated carbocycles. The smallest absolute Gasteiger partial charge is 0.251 e. The molecule has 1 atom stereocenters. The van der Waals surface area contributed by atoms with Crippen molar-refractivity contribution in [3.8, 4) is 11.5 Å². The summed E-state index contributed by atoms with van der Waals surface area (Å²) < 4.78 is 10.7. The van der Waals surface area contributed by atoms with Crippen LogP contribution in [0, 0.1) is 0 Å². The first-order valence-corrected chi connectivity index (χ1v) is 6.82. The standard InChI is InChI=1S/C17H19NO3/c1-13(12-20-2)18-17(19)14-8-10-16(11-9-14)21-15-6-4-3-5-7-15/h3-11,13H,12H2,1-2H3,(H,18,19). The van der Waals surface area contributed by atoms with Crippen LogP contribution in [-0.4, -0.2) is 25.7 Å². The van der Waals surface area contributed by atoms with Gasteiger partial charge in [0, 0.05) is 18.7 Å². The van der Waals surface area contributed by atoms with Gasteiger partial charge in [0.2, 0.25) is 0 Å². The molecule has 0 bridgehead atoms. The van der Waals surface area contributed by atoms with Crippen LogP contribution < -0.4 is 10.1 Å². The second-order valence-corrected chi connectivity index (χ2v) is 4.77. The first kappa shape index (κ1) is 15.1. The van der Waals surface area contributed by atoms with Crippen molar-refractivity contribution in [1.82, 2.24) is 5.32 Å². The van der Waals surface area contributed by atoms with Gasteiger partial charge in [-0.1, -0.05) is 18.2 Å². The Morgan fingerprint density at radius 1 is 1.05 bits per heavy atom. The molecule has 21 heavy (non-hydrogen) atoms. The van der Waals surface area contributed by atoms with Crippen LogP contribution in [0.3, 0.4) is 0 Å². The molecule has 2 rings (SSSR count). The van der Waals surface area contributed by atoms with Gasteiger partial charge in [-0.15, -0.1) is 0 Å². The van der Waals surface area contributed by atoms with Crippen molar-refractivity contribution in [2.75, 3.05) is 13.7 Å². The van der Waals surface area contributed by atoms with E-state index in [0.29, 0.717) is 17.9 Å². The summed E-state index contributed by atoms with van der Waals surface area (Å²) in [5, 5.41) is 2.86. The molecule has 0 heterocycles. The molecule has 0 saturated heterocycles. The molecule has 1 amide bonds. The van der Waals surface area contributed by atoms with E-state index in [2.05, 4.69) is 5.32 Å². The van der Waals surface area contributed by atoms with E-state index in [4.69, 9.17) is 9.47 Å². The number of ether oxygens (including phenoxy) is 2. The molecule has 110 valence electrons. The van der Waals surface area contributed by atoms with Crippen LogP contribution in [0.15, 0.2) is 54.6 Å². The highest BCUT2D eigenvalue weighted by Gasteiger charge is 2.09. The predicted octanol–water partition coefficient (Wildman–Crippen LogP) is 3.24. The molecular weight excluding hydrogens is 266 g/mol. The van der Waals surface area contributed by atoms with E-state index in [1.54, 1.807) is 31.4 Å². The van der Waals surface area contributed by atoms with Crippen LogP contribution in [0.2, 0.25) is 0 Å². The first-order chi connectivity index (χ1) is 10.2. The third kappa shape index (κ3) is 4.61. The Morgan fingerprint density at radius 2 is 1.67 bits per heavy atom. The van der Waals surface area contributed by atoms with Crippen LogP contribution >= 0.6 is 0 Å². The van der Waals surface area contributed by atoms with Crippen LogP contribution in [0.25, 0.3) is 0 Å². The Hall–Kier alpha value is -2.33. The molecule has 0 spiro atoms. The fourth-order valence-corrected chi connectivity index (χ4v) is 1.90. The fraction of sp³-hybridized carbons (Fsp3) is 0.235. The summed E-state index contributed by atoms with van der Waals surface area (Å²) in [5.41, 5.74) is 0.596. The summed E-state index contributed by atoms with van der Waals surface area (Å²) in [7, 11) is 1.61. The van der Waals surface area contributed by atoms with Gasteiger partial charge >= 0.3 is 0 Å². The highest BCUT2D eigenvalue weighted by molar-refractivity contribution is 5.94. The molecule has 2 aromatic rings. The first-order valence-electron chi connectivity index (χ1n) is 6.82. The molecule has 0 aromatic heterocycles. The van der Waals surface area contributed by atoms with E-state index in [0.717, 1.165) is 5.75 Å². The van der Waals surface area contributed by atoms with E-state index in [9.17, 15) is 4.79 Å². The molecule has 4 nitrogen and oxygen atoms in total. The minimum absolute atomic E-state index is 0.0252. The van der Waals surface area contributed by atoms with Gasteiger partial charge in [-0.3, -0.25) is 4.79 Å². The zero-order valence-corrected chi connectivity index (χ0v) is 12.2. The zero-order chi connectivity index (χ0) is 15.1. The van der Waals surface area contributed by atoms with E-state index < -0.39 is 0 Å². The Kier molecular flexibility index (Phi) is 5.35. The van der Waals surface area contributed by atoms with Crippen molar-refractivity contribution >= 4 is 5.91 Å². The number of methoxy groups -OCH3 is 1. The summed E-state index contributed by atoms with van der Waals surface area (Å²) in [6.45, 7) is 2.38. The Morgan fingerprint density at radius 3 is 2.29 bits per heavy atom. The van der Waals surface area contributed by atoms with Crippen LogP contribution in [0.1, 0.15) is 17.3 Å². The molecule has 0 fully saturated rings. The lowest BCUT2D eigenvalue weighted by molar-refractivity contribution is 0.0905. The maximum absolute atomic E-state index is 12.0. The largest absolute Gasteiger partial charge is 0.457 e. The van der Waals surface area contributed by atoms with Gasteiger partial charge in [-0.05, 0) is 43.3 Å². The highest BCUT2D eigenvalue weighted by atomic mass is 16.5. The normalized spacial score (nSPS) is 11.7. The van der Waals surface area contributed by atoms with Crippen molar-refractivity contribution in [2.45, 2.75) is 13.0 Å². The molecule has 4 heteroatoms. The summed E-state index contributed by atoms with van der Waals surface area (Å²) >= 11 is 0. The summed E-state index contributed by atoms with van der Waals surface area (Å²) in [6.07, 6.45) is 0. The van der Waals surface area contributed by atoms with Gasteiger partial charge in [0.1, 0.15) is 11.5 Å². The summed E-state index contributed by atoms with van der Waals surface area (Å²) in [4.78, 5) is 12.0. The van der Waals surface area contributed by atoms with Gasteiger partial charge in [-0.2, -0.15) is 0 Å². The quantitative estimate of drug-likeness (QED) is 0.886. The molecule has 1 unspecified atom stereocenters. The van der Waals surface area contributed by atoms with Crippen LogP contribution in [0.4, 0.5) is 0 Å². The molecular formula is C17H19NO3. The van der Waals surface area contributed by atoms with Gasteiger partial charge in [0.15, 0.2) is 0 Å². The Bertz CT molecular complexity index is 566. The van der Waals surface area contributed by atoms with E-state index in [1.807, 2.05) is 37.3 Å². The van der Waals surface area contributed by atoms with Gasteiger partial charge in [0.25, 0.3) is 5.91 Å². The van der Waals surface area contributed by atoms with Gasteiger partial charge in [-0.25, -0.2) is 0 Å². The maximum atomic E-state index is 12.0. The van der Waals surface area contributed by atoms with Crippen LogP contribution in [-0.2, 0) is 4.74 Å². The fourth-order valence-electron chi connectivity index (χ4n) is 1.90. The number of carbonyl (C=O) groups is 1. The maximum Gasteiger partial charge on any atom is 0.251 e. The van der Waals surface area contributed by atoms with Gasteiger partial charge in [0.05, 0.1) is 6.61 Å². The second kappa shape index (κ2) is 7.45. The monoisotopic (exact) mass is 285 g/mol. The van der Waals surface area contributed by atoms with Crippen molar-refractivity contribution in [3.63, 3.8) is 0 Å². The molecule has 2 aromatic carbocycles. The highest BCUT2D eigenvalue weighted by Crippen LogP contribution is 2.21. The minimum Gasteiger partial charge on any atom is -0.457 e. The molecule has 0 radical (unpaired) electrons. The van der Waals surface area contributed by atoms with Crippen molar-refractivity contribution in [3.05, 3.63) is 60.2 Å². The van der Waals surface area contributed by atoms with E-state index >= 15 is 0 Å². The van der Waals surface area contributed by atoms with E-state index in [-0.39, 0.29) is 11.9 Å². The number of carbonyl (C=O) groups excluding carboxylic acids is 1. The topological polar surface area (TPSA) is 47.6 Å². The number of nitrogens with one attached hydrogen (secondary N) is 1. The number of hydrogen-bond donors (Lipinski definition) is 1. The lowest BCUT2D eigenvalue weighted by Gasteiger charge is -2.13. The van der Waals surface area contributed by atoms with E-state index in [1.165, 1.54) is 0 Å². The van der Waals surface area contributed by atoms with Gasteiger partial charge < -0.3 is 14.8 Å². The summed E-state index contributed by atoms with van der Waals surface area (Å²) in [6, 6.07) is 16.5. The predicted molar refractivity (Wildman–Crippen MR) is 81.8 cm³/mol. The number of amides is 1. The molecule has 0 aliphatic rings. The molecule has 0 aliphatic carbocycles. The lowest BCUT2D eigenvalue weighted by Crippen LogP contribution is -2.35. The number of benzene rings is 2. The second-order valence-electron chi connectivity index (χ2n) is 4.77. The SMILES string of the molecule is COCC(C)NC(=O)c1ccc(Oc2ccccc2)cc1. The molecule has 1 N–H and O–H groups in total. The number of rotatable bonds is 6. The number of para-hydroxylation sites is 1. The van der Waals surface area contributed by atoms with Crippen molar-refractivity contribution in [2.24, 2.45) is 0 Å². The Balaban J connectivity index is 1.97. The molecule has 0 aliphatic heterocycles. The van der Waals surface area contributed by atoms with Crippen molar-refractivity contribution in [1.29, 1.82) is 0 Å². The minimum atomic E-state index is -0.120. The lowest BCUT2D eigenvalue weighted by atomic mass is 10.2. The zero-order valence-electron chi connectivity index (χ0n) is 12.2.